The van der Waals surface area contributed by atoms with Crippen LogP contribution in [0.3, 0.4) is 0 Å². The molecule has 0 heterocycles. The SMILES string of the molecule is O=C(O)CC(O)(CC(=O)O)C(=O)O.[Mn].[NaH]. The molecular formula is C6H9MnNaO7. The van der Waals surface area contributed by atoms with Crippen molar-refractivity contribution in [2.75, 3.05) is 0 Å². The molecule has 7 nitrogen and oxygen atoms in total. The third-order valence-electron chi connectivity index (χ3n) is 1.29. The average Bonchev–Trinajstić information content (AvgIpc) is 1.82. The molecule has 83 valence electrons. The zero-order valence-electron chi connectivity index (χ0n) is 6.81. The fourth-order valence-electron chi connectivity index (χ4n) is 0.714. The Balaban J connectivity index is -0.000000720. The van der Waals surface area contributed by atoms with Gasteiger partial charge in [-0.2, -0.15) is 0 Å². The van der Waals surface area contributed by atoms with Gasteiger partial charge in [0, 0.05) is 17.1 Å². The molecule has 1 radical (unpaired) electrons. The van der Waals surface area contributed by atoms with Crippen LogP contribution in [0, 0.1) is 0 Å². The minimum atomic E-state index is -2.74. The first-order chi connectivity index (χ1) is 5.78. The zero-order chi connectivity index (χ0) is 10.6. The molecule has 0 aromatic carbocycles. The number of aliphatic carboxylic acids is 3. The van der Waals surface area contributed by atoms with Gasteiger partial charge in [0.25, 0.3) is 0 Å². The van der Waals surface area contributed by atoms with Crippen LogP contribution in [0.4, 0.5) is 0 Å². The van der Waals surface area contributed by atoms with Gasteiger partial charge in [-0.05, 0) is 0 Å². The summed E-state index contributed by atoms with van der Waals surface area (Å²) >= 11 is 0. The van der Waals surface area contributed by atoms with Gasteiger partial charge in [0.05, 0.1) is 12.8 Å². The van der Waals surface area contributed by atoms with E-state index in [4.69, 9.17) is 20.4 Å². The monoisotopic (exact) mass is 271 g/mol. The number of hydrogen-bond acceptors (Lipinski definition) is 4. The molecule has 0 amide bonds. The number of rotatable bonds is 5. The number of carboxylic acid groups (broad SMARTS) is 3. The summed E-state index contributed by atoms with van der Waals surface area (Å²) in [5, 5.41) is 33.8. The summed E-state index contributed by atoms with van der Waals surface area (Å²) in [5.74, 6) is -5.02. The molecule has 0 aliphatic carbocycles. The molecule has 0 unspecified atom stereocenters. The second-order valence-electron chi connectivity index (χ2n) is 2.48. The first-order valence-corrected chi connectivity index (χ1v) is 3.17. The zero-order valence-corrected chi connectivity index (χ0v) is 7.99. The van der Waals surface area contributed by atoms with E-state index < -0.39 is 36.4 Å². The molecule has 0 aromatic heterocycles. The summed E-state index contributed by atoms with van der Waals surface area (Å²) in [6, 6.07) is 0. The Morgan fingerprint density at radius 1 is 0.933 bits per heavy atom. The maximum absolute atomic E-state index is 10.3. The van der Waals surface area contributed by atoms with Crippen LogP contribution in [0.2, 0.25) is 0 Å². The molecule has 4 N–H and O–H groups in total. The van der Waals surface area contributed by atoms with Gasteiger partial charge in [0.1, 0.15) is 0 Å². The van der Waals surface area contributed by atoms with Crippen LogP contribution in [-0.2, 0) is 31.5 Å². The van der Waals surface area contributed by atoms with Crippen LogP contribution >= 0.6 is 0 Å². The van der Waals surface area contributed by atoms with E-state index in [2.05, 4.69) is 0 Å². The molecule has 15 heavy (non-hydrogen) atoms. The standard InChI is InChI=1S/C6H8O7.Mn.Na.H/c7-3(8)1-6(13,5(11)12)2-4(9)10;;;/h13H,1-2H2,(H,7,8)(H,9,10)(H,11,12);;;. The van der Waals surface area contributed by atoms with E-state index >= 15 is 0 Å². The number of hydrogen-bond donors (Lipinski definition) is 4. The Labute approximate surface area is 117 Å². The first-order valence-electron chi connectivity index (χ1n) is 3.17. The Hall–Kier alpha value is -0.111. The Morgan fingerprint density at radius 3 is 1.33 bits per heavy atom. The number of carbonyl (C=O) groups is 3. The van der Waals surface area contributed by atoms with E-state index in [0.29, 0.717) is 0 Å². The summed E-state index contributed by atoms with van der Waals surface area (Å²) in [5.41, 5.74) is -2.74. The maximum atomic E-state index is 10.3. The summed E-state index contributed by atoms with van der Waals surface area (Å²) in [6.07, 6.45) is -2.29. The fraction of sp³-hybridized carbons (Fsp3) is 0.500. The molecule has 0 atom stereocenters. The third-order valence-corrected chi connectivity index (χ3v) is 1.29. The van der Waals surface area contributed by atoms with Crippen LogP contribution in [0.1, 0.15) is 12.8 Å². The molecule has 0 aliphatic heterocycles. The predicted molar refractivity (Wildman–Crippen MR) is 44.2 cm³/mol. The second-order valence-corrected chi connectivity index (χ2v) is 2.48. The Kier molecular flexibility index (Phi) is 11.0. The van der Waals surface area contributed by atoms with Crippen LogP contribution in [0.25, 0.3) is 0 Å². The van der Waals surface area contributed by atoms with Gasteiger partial charge in [-0.3, -0.25) is 9.59 Å². The molecule has 9 heteroatoms. The normalized spacial score (nSPS) is 9.40. The molecule has 0 saturated heterocycles. The molecular weight excluding hydrogens is 262 g/mol. The van der Waals surface area contributed by atoms with Gasteiger partial charge in [-0.25, -0.2) is 4.79 Å². The van der Waals surface area contributed by atoms with Crippen molar-refractivity contribution in [2.45, 2.75) is 18.4 Å². The van der Waals surface area contributed by atoms with Gasteiger partial charge in [0.2, 0.25) is 0 Å². The first kappa shape index (κ1) is 20.3. The summed E-state index contributed by atoms with van der Waals surface area (Å²) in [4.78, 5) is 30.5. The van der Waals surface area contributed by atoms with Crippen molar-refractivity contribution in [3.05, 3.63) is 0 Å². The molecule has 0 aromatic rings. The van der Waals surface area contributed by atoms with E-state index in [1.54, 1.807) is 0 Å². The van der Waals surface area contributed by atoms with E-state index in [1.807, 2.05) is 0 Å². The van der Waals surface area contributed by atoms with Crippen LogP contribution in [-0.4, -0.2) is 73.5 Å². The van der Waals surface area contributed by atoms with Gasteiger partial charge in [-0.15, -0.1) is 0 Å². The van der Waals surface area contributed by atoms with Crippen molar-refractivity contribution in [1.82, 2.24) is 0 Å². The topological polar surface area (TPSA) is 132 Å². The van der Waals surface area contributed by atoms with E-state index in [0.717, 1.165) is 0 Å². The average molecular weight is 271 g/mol. The summed E-state index contributed by atoms with van der Waals surface area (Å²) in [7, 11) is 0. The van der Waals surface area contributed by atoms with Crippen molar-refractivity contribution in [3.63, 3.8) is 0 Å². The van der Waals surface area contributed by atoms with Crippen molar-refractivity contribution in [1.29, 1.82) is 0 Å². The summed E-state index contributed by atoms with van der Waals surface area (Å²) in [6.45, 7) is 0. The van der Waals surface area contributed by atoms with Gasteiger partial charge < -0.3 is 20.4 Å². The quantitative estimate of drug-likeness (QED) is 0.429. The van der Waals surface area contributed by atoms with Crippen LogP contribution in [0.5, 0.6) is 0 Å². The number of aliphatic hydroxyl groups is 1. The molecule has 0 rings (SSSR count). The van der Waals surface area contributed by atoms with Gasteiger partial charge in [-0.1, -0.05) is 0 Å². The van der Waals surface area contributed by atoms with E-state index in [1.165, 1.54) is 0 Å². The van der Waals surface area contributed by atoms with Crippen LogP contribution in [0.15, 0.2) is 0 Å². The molecule has 0 bridgehead atoms. The molecule has 0 aliphatic rings. The number of carboxylic acids is 3. The third kappa shape index (κ3) is 7.78. The Morgan fingerprint density at radius 2 is 1.20 bits per heavy atom. The van der Waals surface area contributed by atoms with Crippen molar-refractivity contribution < 1.29 is 51.9 Å². The van der Waals surface area contributed by atoms with Gasteiger partial charge >= 0.3 is 47.5 Å². The molecule has 0 fully saturated rings. The Bertz CT molecular complexity index is 238. The molecule has 0 saturated carbocycles. The van der Waals surface area contributed by atoms with Crippen LogP contribution < -0.4 is 0 Å². The fourth-order valence-corrected chi connectivity index (χ4v) is 0.714. The molecule has 0 spiro atoms. The minimum absolute atomic E-state index is 0. The van der Waals surface area contributed by atoms with Crippen molar-refractivity contribution in [2.24, 2.45) is 0 Å². The van der Waals surface area contributed by atoms with E-state index in [-0.39, 0.29) is 46.6 Å². The summed E-state index contributed by atoms with van der Waals surface area (Å²) < 4.78 is 0. The van der Waals surface area contributed by atoms with E-state index in [9.17, 15) is 14.4 Å². The van der Waals surface area contributed by atoms with Crippen molar-refractivity contribution >= 4 is 47.5 Å². The predicted octanol–water partition coefficient (Wildman–Crippen LogP) is -1.90. The van der Waals surface area contributed by atoms with Gasteiger partial charge in [0.15, 0.2) is 5.60 Å². The van der Waals surface area contributed by atoms with Crippen molar-refractivity contribution in [3.8, 4) is 0 Å². The second kappa shape index (κ2) is 8.09.